The van der Waals surface area contributed by atoms with Gasteiger partial charge in [-0.05, 0) is 11.8 Å². The standard InChI is InChI=1S/C27H52B2Si2/c1-30(2,3)26-22-12-7-16-24(17-8-13-22)28(26)20-11-21-29-25-18-9-14-23(15-10-19-25)27(29)31(4,5)6/h11,20,22-27H,7-10,12-19,21H2,1-6H3/b20-11+. The molecule has 0 nitrogen and oxygen atoms in total. The van der Waals surface area contributed by atoms with Gasteiger partial charge in [0.15, 0.2) is 6.71 Å². The molecule has 2 atom stereocenters. The van der Waals surface area contributed by atoms with E-state index in [4.69, 9.17) is 0 Å². The van der Waals surface area contributed by atoms with Crippen LogP contribution in [0.4, 0.5) is 0 Å². The molecule has 4 aliphatic heterocycles. The first kappa shape index (κ1) is 24.4. The summed E-state index contributed by atoms with van der Waals surface area (Å²) >= 11 is 0. The van der Waals surface area contributed by atoms with Crippen molar-refractivity contribution in [2.24, 2.45) is 11.8 Å². The number of rotatable bonds is 5. The average molecular weight is 455 g/mol. The van der Waals surface area contributed by atoms with Gasteiger partial charge in [-0.1, -0.05) is 145 Å². The van der Waals surface area contributed by atoms with E-state index in [1.54, 1.807) is 38.5 Å². The van der Waals surface area contributed by atoms with Crippen molar-refractivity contribution in [3.63, 3.8) is 0 Å². The minimum atomic E-state index is -1.14. The van der Waals surface area contributed by atoms with Gasteiger partial charge >= 0.3 is 0 Å². The first-order chi connectivity index (χ1) is 14.7. The molecule has 0 aromatic carbocycles. The number of allylic oxidation sites excluding steroid dienone is 1. The molecule has 4 rings (SSSR count). The highest BCUT2D eigenvalue weighted by Gasteiger charge is 2.48. The Kier molecular flexibility index (Phi) is 7.79. The maximum atomic E-state index is 2.85. The molecular formula is C27H52B2Si2. The van der Waals surface area contributed by atoms with E-state index >= 15 is 0 Å². The molecule has 0 spiro atoms. The summed E-state index contributed by atoms with van der Waals surface area (Å²) in [6, 6.07) is 0. The predicted octanol–water partition coefficient (Wildman–Crippen LogP) is 9.28. The normalized spacial score (nSPS) is 37.6. The summed E-state index contributed by atoms with van der Waals surface area (Å²) in [5.74, 6) is 6.99. The van der Waals surface area contributed by atoms with Gasteiger partial charge in [0.2, 0.25) is 0 Å². The lowest BCUT2D eigenvalue weighted by Crippen LogP contribution is -2.44. The van der Waals surface area contributed by atoms with Crippen LogP contribution in [0.15, 0.2) is 12.1 Å². The van der Waals surface area contributed by atoms with E-state index < -0.39 is 16.1 Å². The molecule has 174 valence electrons. The second-order valence-electron chi connectivity index (χ2n) is 14.5. The molecule has 0 aromatic heterocycles. The molecular weight excluding hydrogens is 402 g/mol. The fourth-order valence-corrected chi connectivity index (χ4v) is 16.3. The molecule has 0 aliphatic carbocycles. The second kappa shape index (κ2) is 9.89. The van der Waals surface area contributed by atoms with Gasteiger partial charge in [0.25, 0.3) is 0 Å². The fourth-order valence-electron chi connectivity index (χ4n) is 9.57. The van der Waals surface area contributed by atoms with Crippen LogP contribution in [0.2, 0.25) is 68.1 Å². The van der Waals surface area contributed by atoms with Crippen molar-refractivity contribution in [2.75, 3.05) is 0 Å². The van der Waals surface area contributed by atoms with Crippen molar-refractivity contribution >= 4 is 29.6 Å². The van der Waals surface area contributed by atoms with Crippen LogP contribution in [0.5, 0.6) is 0 Å². The zero-order valence-electron chi connectivity index (χ0n) is 22.0. The van der Waals surface area contributed by atoms with Crippen LogP contribution >= 0.6 is 0 Å². The smallest absolute Gasteiger partial charge is 0.119 e. The summed E-state index contributed by atoms with van der Waals surface area (Å²) in [6.45, 7) is 18.1. The van der Waals surface area contributed by atoms with Crippen LogP contribution in [-0.4, -0.2) is 29.6 Å². The lowest BCUT2D eigenvalue weighted by atomic mass is 9.33. The van der Waals surface area contributed by atoms with Crippen molar-refractivity contribution in [2.45, 2.75) is 145 Å². The van der Waals surface area contributed by atoms with E-state index in [2.05, 4.69) is 51.3 Å². The lowest BCUT2D eigenvalue weighted by molar-refractivity contribution is 0.411. The lowest BCUT2D eigenvalue weighted by Gasteiger charge is -2.39. The zero-order chi connectivity index (χ0) is 22.2. The Morgan fingerprint density at radius 3 is 1.55 bits per heavy atom. The minimum Gasteiger partial charge on any atom is -0.119 e. The molecule has 0 N–H and O–H groups in total. The molecule has 4 bridgehead atoms. The minimum absolute atomic E-state index is 0.914. The van der Waals surface area contributed by atoms with Crippen molar-refractivity contribution in [3.8, 4) is 0 Å². The Bertz CT molecular complexity index is 600. The molecule has 4 heteroatoms. The van der Waals surface area contributed by atoms with E-state index in [0.29, 0.717) is 0 Å². The third-order valence-electron chi connectivity index (χ3n) is 10.4. The summed E-state index contributed by atoms with van der Waals surface area (Å²) in [6.07, 6.45) is 22.6. The average Bonchev–Trinajstić information content (AvgIpc) is 3.04. The Morgan fingerprint density at radius 2 is 1.06 bits per heavy atom. The topological polar surface area (TPSA) is 0 Å². The van der Waals surface area contributed by atoms with Crippen molar-refractivity contribution < 1.29 is 0 Å². The summed E-state index contributed by atoms with van der Waals surface area (Å²) in [4.78, 5) is 0. The highest BCUT2D eigenvalue weighted by Crippen LogP contribution is 2.53. The maximum Gasteiger partial charge on any atom is 0.169 e. The van der Waals surface area contributed by atoms with E-state index in [1.165, 1.54) is 44.8 Å². The van der Waals surface area contributed by atoms with Crippen molar-refractivity contribution in [3.05, 3.63) is 12.1 Å². The van der Waals surface area contributed by atoms with Gasteiger partial charge in [0, 0.05) is 16.1 Å². The number of fused-ring (bicyclic) bond motifs is 6. The van der Waals surface area contributed by atoms with Crippen LogP contribution in [0.1, 0.15) is 77.0 Å². The maximum absolute atomic E-state index is 2.85. The molecule has 31 heavy (non-hydrogen) atoms. The van der Waals surface area contributed by atoms with Crippen LogP contribution in [0.25, 0.3) is 0 Å². The summed E-state index contributed by atoms with van der Waals surface area (Å²) in [5.41, 5.74) is 2.12. The molecule has 4 heterocycles. The molecule has 0 radical (unpaired) electrons. The van der Waals surface area contributed by atoms with Gasteiger partial charge in [-0.25, -0.2) is 0 Å². The summed E-state index contributed by atoms with van der Waals surface area (Å²) < 4.78 is 0. The SMILES string of the molecule is C[Si](C)(C)C1B(/C=C/CB2C3CCCC(CCC3)C2[Si](C)(C)C)C2CCCC1CCC2. The van der Waals surface area contributed by atoms with E-state index in [-0.39, 0.29) is 0 Å². The molecule has 4 fully saturated rings. The highest BCUT2D eigenvalue weighted by molar-refractivity contribution is 6.92. The molecule has 2 unspecified atom stereocenters. The molecule has 0 saturated carbocycles. The molecule has 4 saturated heterocycles. The molecule has 0 amide bonds. The number of hydrogen-bond donors (Lipinski definition) is 0. The van der Waals surface area contributed by atoms with Gasteiger partial charge in [0.05, 0.1) is 0 Å². The van der Waals surface area contributed by atoms with Crippen LogP contribution < -0.4 is 0 Å². The second-order valence-corrected chi connectivity index (χ2v) is 25.3. The van der Waals surface area contributed by atoms with Crippen molar-refractivity contribution in [1.29, 1.82) is 0 Å². The molecule has 0 aromatic rings. The Morgan fingerprint density at radius 1 is 0.613 bits per heavy atom. The Balaban J connectivity index is 1.57. The zero-order valence-corrected chi connectivity index (χ0v) is 24.0. The Labute approximate surface area is 198 Å². The summed E-state index contributed by atoms with van der Waals surface area (Å²) in [5, 5.41) is 0. The summed E-state index contributed by atoms with van der Waals surface area (Å²) in [7, 11) is -2.27. The van der Waals surface area contributed by atoms with Crippen LogP contribution in [-0.2, 0) is 0 Å². The third-order valence-corrected chi connectivity index (χ3v) is 16.2. The van der Waals surface area contributed by atoms with E-state index in [1.807, 2.05) is 0 Å². The van der Waals surface area contributed by atoms with Gasteiger partial charge < -0.3 is 0 Å². The van der Waals surface area contributed by atoms with E-state index in [0.717, 1.165) is 47.8 Å². The predicted molar refractivity (Wildman–Crippen MR) is 150 cm³/mol. The molecule has 4 aliphatic rings. The van der Waals surface area contributed by atoms with Gasteiger partial charge in [-0.2, -0.15) is 0 Å². The largest absolute Gasteiger partial charge is 0.169 e. The monoisotopic (exact) mass is 454 g/mol. The third kappa shape index (κ3) is 5.52. The fraction of sp³-hybridized carbons (Fsp3) is 0.926. The van der Waals surface area contributed by atoms with Crippen LogP contribution in [0.3, 0.4) is 0 Å². The Hall–Kier alpha value is 0.304. The first-order valence-electron chi connectivity index (χ1n) is 14.3. The van der Waals surface area contributed by atoms with Gasteiger partial charge in [-0.15, -0.1) is 12.1 Å². The quantitative estimate of drug-likeness (QED) is 0.363. The van der Waals surface area contributed by atoms with E-state index in [9.17, 15) is 0 Å². The number of hydrogen-bond acceptors (Lipinski definition) is 0. The van der Waals surface area contributed by atoms with Gasteiger partial charge in [-0.3, -0.25) is 0 Å². The highest BCUT2D eigenvalue weighted by atomic mass is 28.3. The van der Waals surface area contributed by atoms with Gasteiger partial charge in [0.1, 0.15) is 6.71 Å². The first-order valence-corrected chi connectivity index (χ1v) is 21.5. The van der Waals surface area contributed by atoms with Crippen molar-refractivity contribution in [1.82, 2.24) is 0 Å². The van der Waals surface area contributed by atoms with Crippen LogP contribution in [0, 0.1) is 11.8 Å².